The number of hydrogen-bond acceptors (Lipinski definition) is 2. The number of rotatable bonds is 3. The molecule has 0 atom stereocenters. The van der Waals surface area contributed by atoms with Crippen LogP contribution in [-0.4, -0.2) is 15.8 Å². The average Bonchev–Trinajstić information content (AvgIpc) is 2.00. The Kier molecular flexibility index (Phi) is 2.94. The van der Waals surface area contributed by atoms with Crippen molar-refractivity contribution < 1.29 is 10.2 Å². The lowest BCUT2D eigenvalue weighted by molar-refractivity contribution is 0.0714. The van der Waals surface area contributed by atoms with Gasteiger partial charge in [-0.3, -0.25) is 0 Å². The molecule has 0 heterocycles. The molecule has 1 aromatic carbocycles. The van der Waals surface area contributed by atoms with Gasteiger partial charge in [0, 0.05) is 0 Å². The molecule has 72 valence electrons. The summed E-state index contributed by atoms with van der Waals surface area (Å²) in [5, 5.41) is 18.7. The van der Waals surface area contributed by atoms with Gasteiger partial charge in [-0.2, -0.15) is 0 Å². The molecule has 0 saturated carbocycles. The van der Waals surface area contributed by atoms with Gasteiger partial charge in [-0.25, -0.2) is 0 Å². The van der Waals surface area contributed by atoms with E-state index < -0.39 is 5.60 Å². The lowest BCUT2D eigenvalue weighted by atomic mass is 9.99. The predicted molar refractivity (Wildman–Crippen MR) is 52.7 cm³/mol. The smallest absolute Gasteiger partial charge is 0.115 e. The summed E-state index contributed by atoms with van der Waals surface area (Å²) in [5.74, 6) is 0.285. The maximum absolute atomic E-state index is 9.49. The van der Waals surface area contributed by atoms with Crippen molar-refractivity contribution in [3.8, 4) is 5.75 Å². The van der Waals surface area contributed by atoms with E-state index in [0.29, 0.717) is 6.42 Å². The normalized spacial score (nSPS) is 11.6. The van der Waals surface area contributed by atoms with E-state index in [9.17, 15) is 10.2 Å². The van der Waals surface area contributed by atoms with Crippen molar-refractivity contribution >= 4 is 0 Å². The average molecular weight is 180 g/mol. The van der Waals surface area contributed by atoms with Gasteiger partial charge in [-0.15, -0.1) is 0 Å². The molecule has 0 unspecified atom stereocenters. The van der Waals surface area contributed by atoms with Crippen molar-refractivity contribution in [1.29, 1.82) is 0 Å². The van der Waals surface area contributed by atoms with Gasteiger partial charge in [0.1, 0.15) is 5.75 Å². The fourth-order valence-corrected chi connectivity index (χ4v) is 1.16. The highest BCUT2D eigenvalue weighted by atomic mass is 16.3. The van der Waals surface area contributed by atoms with Gasteiger partial charge >= 0.3 is 0 Å². The second kappa shape index (κ2) is 3.79. The summed E-state index contributed by atoms with van der Waals surface area (Å²) in [6.07, 6.45) is 1.49. The number of benzene rings is 1. The molecule has 0 aliphatic rings. The van der Waals surface area contributed by atoms with Gasteiger partial charge in [-0.05, 0) is 44.4 Å². The fourth-order valence-electron chi connectivity index (χ4n) is 1.16. The summed E-state index contributed by atoms with van der Waals surface area (Å²) in [6.45, 7) is 3.57. The Bertz CT molecular complexity index is 274. The highest BCUT2D eigenvalue weighted by Crippen LogP contribution is 2.16. The summed E-state index contributed by atoms with van der Waals surface area (Å²) in [4.78, 5) is 0. The number of aliphatic hydroxyl groups is 1. The van der Waals surface area contributed by atoms with Gasteiger partial charge in [0.05, 0.1) is 5.60 Å². The van der Waals surface area contributed by atoms with Gasteiger partial charge in [0.25, 0.3) is 0 Å². The van der Waals surface area contributed by atoms with E-state index in [4.69, 9.17) is 0 Å². The van der Waals surface area contributed by atoms with Crippen LogP contribution in [0.5, 0.6) is 5.75 Å². The minimum absolute atomic E-state index is 0.285. The zero-order chi connectivity index (χ0) is 9.90. The number of aryl methyl sites for hydroxylation is 1. The Hall–Kier alpha value is -1.02. The molecule has 1 rings (SSSR count). The maximum Gasteiger partial charge on any atom is 0.115 e. The van der Waals surface area contributed by atoms with E-state index in [1.807, 2.05) is 12.1 Å². The molecule has 0 aliphatic carbocycles. The van der Waals surface area contributed by atoms with Crippen LogP contribution in [0.15, 0.2) is 24.3 Å². The van der Waals surface area contributed by atoms with E-state index >= 15 is 0 Å². The molecule has 13 heavy (non-hydrogen) atoms. The molecule has 2 heteroatoms. The molecule has 1 aromatic rings. The number of hydrogen-bond donors (Lipinski definition) is 2. The molecule has 2 N–H and O–H groups in total. The van der Waals surface area contributed by atoms with Crippen LogP contribution in [0.1, 0.15) is 25.8 Å². The first-order valence-electron chi connectivity index (χ1n) is 4.48. The summed E-state index contributed by atoms with van der Waals surface area (Å²) in [5.41, 5.74) is 0.424. The van der Waals surface area contributed by atoms with Crippen molar-refractivity contribution in [2.45, 2.75) is 32.3 Å². The Morgan fingerprint density at radius 1 is 1.31 bits per heavy atom. The third kappa shape index (κ3) is 3.95. The summed E-state index contributed by atoms with van der Waals surface area (Å²) in [7, 11) is 0. The van der Waals surface area contributed by atoms with Crippen LogP contribution in [0.3, 0.4) is 0 Å². The lowest BCUT2D eigenvalue weighted by Crippen LogP contribution is -2.19. The van der Waals surface area contributed by atoms with Gasteiger partial charge < -0.3 is 10.2 Å². The maximum atomic E-state index is 9.49. The van der Waals surface area contributed by atoms with Crippen LogP contribution in [0, 0.1) is 0 Å². The molecule has 0 bridgehead atoms. The van der Waals surface area contributed by atoms with Crippen molar-refractivity contribution in [3.63, 3.8) is 0 Å². The molecular formula is C11H16O2. The summed E-state index contributed by atoms with van der Waals surface area (Å²) >= 11 is 0. The first-order chi connectivity index (χ1) is 5.97. The van der Waals surface area contributed by atoms with Crippen molar-refractivity contribution in [3.05, 3.63) is 29.8 Å². The zero-order valence-corrected chi connectivity index (χ0v) is 8.12. The third-order valence-electron chi connectivity index (χ3n) is 1.94. The van der Waals surface area contributed by atoms with Crippen molar-refractivity contribution in [1.82, 2.24) is 0 Å². The number of phenolic OH excluding ortho intramolecular Hbond substituents is 1. The van der Waals surface area contributed by atoms with E-state index in [0.717, 1.165) is 12.0 Å². The summed E-state index contributed by atoms with van der Waals surface area (Å²) in [6, 6.07) is 7.14. The molecule has 0 amide bonds. The summed E-state index contributed by atoms with van der Waals surface area (Å²) < 4.78 is 0. The molecule has 0 fully saturated rings. The highest BCUT2D eigenvalue weighted by Gasteiger charge is 2.11. The first kappa shape index (κ1) is 10.1. The number of phenols is 1. The second-order valence-electron chi connectivity index (χ2n) is 3.98. The van der Waals surface area contributed by atoms with Crippen LogP contribution < -0.4 is 0 Å². The van der Waals surface area contributed by atoms with E-state index in [-0.39, 0.29) is 5.75 Å². The van der Waals surface area contributed by atoms with E-state index in [1.54, 1.807) is 26.0 Å². The Labute approximate surface area is 78.8 Å². The minimum Gasteiger partial charge on any atom is -0.508 e. The highest BCUT2D eigenvalue weighted by molar-refractivity contribution is 5.27. The topological polar surface area (TPSA) is 40.5 Å². The van der Waals surface area contributed by atoms with E-state index in [2.05, 4.69) is 0 Å². The molecule has 0 saturated heterocycles. The number of aromatic hydroxyl groups is 1. The SMILES string of the molecule is CC(C)(O)CCc1cccc(O)c1. The van der Waals surface area contributed by atoms with Crippen LogP contribution in [0.2, 0.25) is 0 Å². The molecular weight excluding hydrogens is 164 g/mol. The Morgan fingerprint density at radius 2 is 2.00 bits per heavy atom. The predicted octanol–water partition coefficient (Wildman–Crippen LogP) is 2.10. The van der Waals surface area contributed by atoms with Crippen LogP contribution in [0.4, 0.5) is 0 Å². The minimum atomic E-state index is -0.633. The fraction of sp³-hybridized carbons (Fsp3) is 0.455. The van der Waals surface area contributed by atoms with Gasteiger partial charge in [0.2, 0.25) is 0 Å². The monoisotopic (exact) mass is 180 g/mol. The molecule has 0 aromatic heterocycles. The Morgan fingerprint density at radius 3 is 2.54 bits per heavy atom. The third-order valence-corrected chi connectivity index (χ3v) is 1.94. The van der Waals surface area contributed by atoms with Crippen molar-refractivity contribution in [2.75, 3.05) is 0 Å². The van der Waals surface area contributed by atoms with Crippen LogP contribution in [-0.2, 0) is 6.42 Å². The quantitative estimate of drug-likeness (QED) is 0.747. The van der Waals surface area contributed by atoms with Gasteiger partial charge in [-0.1, -0.05) is 12.1 Å². The lowest BCUT2D eigenvalue weighted by Gasteiger charge is -2.16. The van der Waals surface area contributed by atoms with Gasteiger partial charge in [0.15, 0.2) is 0 Å². The molecule has 0 radical (unpaired) electrons. The molecule has 0 aliphatic heterocycles. The standard InChI is InChI=1S/C11H16O2/c1-11(2,13)7-6-9-4-3-5-10(12)8-9/h3-5,8,12-13H,6-7H2,1-2H3. The molecule has 2 nitrogen and oxygen atoms in total. The Balaban J connectivity index is 2.55. The second-order valence-corrected chi connectivity index (χ2v) is 3.98. The van der Waals surface area contributed by atoms with Crippen molar-refractivity contribution in [2.24, 2.45) is 0 Å². The zero-order valence-electron chi connectivity index (χ0n) is 8.12. The van der Waals surface area contributed by atoms with Crippen LogP contribution >= 0.6 is 0 Å². The van der Waals surface area contributed by atoms with E-state index in [1.165, 1.54) is 0 Å². The first-order valence-corrected chi connectivity index (χ1v) is 4.48. The van der Waals surface area contributed by atoms with Crippen LogP contribution in [0.25, 0.3) is 0 Å². The molecule has 0 spiro atoms. The largest absolute Gasteiger partial charge is 0.508 e.